The van der Waals surface area contributed by atoms with Gasteiger partial charge >= 0.3 is 0 Å². The molecule has 6 rings (SSSR count). The van der Waals surface area contributed by atoms with Gasteiger partial charge in [-0.2, -0.15) is 0 Å². The molecule has 0 bridgehead atoms. The molecular formula is C34H36Cl2FN7O4. The highest BCUT2D eigenvalue weighted by molar-refractivity contribution is 6.39. The SMILES string of the molecule is COc1nc(-c2cccc(-c3cccc(-c4cnc(CNC5CC(O)(CF)C5)c(OC)n4)c3Cl)c2Cl)cnc1CNC[C@@H]1CCC(=O)N1. The molecule has 2 aromatic heterocycles. The van der Waals surface area contributed by atoms with Gasteiger partial charge in [-0.05, 0) is 19.3 Å². The van der Waals surface area contributed by atoms with E-state index in [-0.39, 0.29) is 18.0 Å². The Labute approximate surface area is 287 Å². The van der Waals surface area contributed by atoms with Crippen molar-refractivity contribution in [3.63, 3.8) is 0 Å². The van der Waals surface area contributed by atoms with Gasteiger partial charge in [-0.25, -0.2) is 14.4 Å². The minimum Gasteiger partial charge on any atom is -0.480 e. The Kier molecular flexibility index (Phi) is 10.4. The third-order valence-corrected chi connectivity index (χ3v) is 9.49. The summed E-state index contributed by atoms with van der Waals surface area (Å²) in [4.78, 5) is 30.0. The maximum atomic E-state index is 12.9. The number of aromatic nitrogens is 4. The van der Waals surface area contributed by atoms with Crippen LogP contribution in [-0.4, -0.2) is 76.1 Å². The molecule has 1 amide bonds. The topological polar surface area (TPSA) is 143 Å². The third kappa shape index (κ3) is 7.23. The minimum atomic E-state index is -1.23. The Bertz CT molecular complexity index is 1810. The van der Waals surface area contributed by atoms with Gasteiger partial charge in [0.25, 0.3) is 0 Å². The molecule has 1 saturated heterocycles. The molecule has 14 heteroatoms. The molecule has 2 fully saturated rings. The number of alkyl halides is 1. The number of hydrogen-bond acceptors (Lipinski definition) is 10. The molecular weight excluding hydrogens is 660 g/mol. The van der Waals surface area contributed by atoms with Crippen molar-refractivity contribution in [2.24, 2.45) is 0 Å². The number of hydrogen-bond donors (Lipinski definition) is 4. The van der Waals surface area contributed by atoms with Crippen molar-refractivity contribution >= 4 is 29.1 Å². The number of methoxy groups -OCH3 is 2. The zero-order chi connectivity index (χ0) is 33.8. The van der Waals surface area contributed by atoms with Gasteiger partial charge in [0, 0.05) is 60.4 Å². The second-order valence-corrected chi connectivity index (χ2v) is 12.8. The van der Waals surface area contributed by atoms with Gasteiger partial charge in [0.1, 0.15) is 18.1 Å². The van der Waals surface area contributed by atoms with Gasteiger partial charge in [0.2, 0.25) is 17.7 Å². The van der Waals surface area contributed by atoms with E-state index in [2.05, 4.69) is 30.9 Å². The van der Waals surface area contributed by atoms with Crippen molar-refractivity contribution in [2.75, 3.05) is 27.4 Å². The monoisotopic (exact) mass is 695 g/mol. The number of halogens is 3. The molecule has 48 heavy (non-hydrogen) atoms. The first-order chi connectivity index (χ1) is 23.2. The summed E-state index contributed by atoms with van der Waals surface area (Å²) in [7, 11) is 3.06. The average Bonchev–Trinajstić information content (AvgIpc) is 3.51. The van der Waals surface area contributed by atoms with Crippen molar-refractivity contribution in [2.45, 2.75) is 56.5 Å². The molecule has 11 nitrogen and oxygen atoms in total. The Morgan fingerprint density at radius 3 is 1.96 bits per heavy atom. The van der Waals surface area contributed by atoms with E-state index in [1.165, 1.54) is 7.11 Å². The first-order valence-electron chi connectivity index (χ1n) is 15.6. The fraction of sp³-hybridized carbons (Fsp3) is 0.382. The predicted molar refractivity (Wildman–Crippen MR) is 181 cm³/mol. The number of carbonyl (C=O) groups is 1. The molecule has 1 atom stereocenters. The Balaban J connectivity index is 1.21. The normalized spacial score (nSPS) is 20.3. The molecule has 4 N–H and O–H groups in total. The number of carbonyl (C=O) groups excluding carboxylic acids is 1. The van der Waals surface area contributed by atoms with Crippen LogP contribution in [0.2, 0.25) is 10.0 Å². The standard InChI is InChI=1S/C34H36Cl2FN7O4/c1-47-32-27(14-38-13-19-9-10-29(45)42-19)40-15-25(43-32)23-7-3-5-21(30(23)35)22-6-4-8-24(31(22)36)26-16-41-28(33(44-26)48-2)17-39-20-11-34(46,12-20)18-37/h3-8,15-16,19-20,38-39,46H,9-14,17-18H2,1-2H3,(H,42,45)/t19-,20?,34?/m0/s1. The smallest absolute Gasteiger partial charge is 0.237 e. The fourth-order valence-electron chi connectivity index (χ4n) is 6.05. The first-order valence-corrected chi connectivity index (χ1v) is 16.4. The van der Waals surface area contributed by atoms with Crippen LogP contribution < -0.4 is 25.4 Å². The fourth-order valence-corrected chi connectivity index (χ4v) is 6.70. The Morgan fingerprint density at radius 1 is 0.917 bits per heavy atom. The number of aliphatic hydroxyl groups is 1. The van der Waals surface area contributed by atoms with Crippen LogP contribution in [0.4, 0.5) is 4.39 Å². The van der Waals surface area contributed by atoms with E-state index in [1.807, 2.05) is 36.4 Å². The number of amides is 1. The van der Waals surface area contributed by atoms with Gasteiger partial charge in [-0.3, -0.25) is 14.8 Å². The summed E-state index contributed by atoms with van der Waals surface area (Å²) in [6, 6.07) is 11.3. The van der Waals surface area contributed by atoms with E-state index >= 15 is 0 Å². The highest BCUT2D eigenvalue weighted by atomic mass is 35.5. The second-order valence-electron chi connectivity index (χ2n) is 12.0. The summed E-state index contributed by atoms with van der Waals surface area (Å²) >= 11 is 14.0. The van der Waals surface area contributed by atoms with Crippen LogP contribution in [0.25, 0.3) is 33.6 Å². The van der Waals surface area contributed by atoms with Gasteiger partial charge < -0.3 is 30.5 Å². The molecule has 4 aromatic rings. The van der Waals surface area contributed by atoms with Gasteiger partial charge in [0.05, 0.1) is 53.6 Å². The van der Waals surface area contributed by atoms with Crippen molar-refractivity contribution in [3.8, 4) is 45.4 Å². The van der Waals surface area contributed by atoms with E-state index in [9.17, 15) is 14.3 Å². The lowest BCUT2D eigenvalue weighted by Crippen LogP contribution is -2.54. The van der Waals surface area contributed by atoms with Crippen LogP contribution in [0, 0.1) is 0 Å². The molecule has 3 heterocycles. The van der Waals surface area contributed by atoms with E-state index in [0.717, 1.165) is 6.42 Å². The molecule has 0 radical (unpaired) electrons. The maximum absolute atomic E-state index is 12.9. The predicted octanol–water partition coefficient (Wildman–Crippen LogP) is 4.91. The van der Waals surface area contributed by atoms with E-state index in [1.54, 1.807) is 19.5 Å². The number of rotatable bonds is 13. The second kappa shape index (κ2) is 14.7. The zero-order valence-electron chi connectivity index (χ0n) is 26.5. The van der Waals surface area contributed by atoms with Crippen molar-refractivity contribution in [3.05, 3.63) is 70.2 Å². The lowest BCUT2D eigenvalue weighted by atomic mass is 9.76. The zero-order valence-corrected chi connectivity index (χ0v) is 28.0. The van der Waals surface area contributed by atoms with Gasteiger partial charge in [-0.1, -0.05) is 59.6 Å². The molecule has 0 spiro atoms. The first kappa shape index (κ1) is 33.9. The van der Waals surface area contributed by atoms with Crippen LogP contribution in [-0.2, 0) is 17.9 Å². The number of ether oxygens (including phenoxy) is 2. The molecule has 252 valence electrons. The van der Waals surface area contributed by atoms with Crippen LogP contribution in [0.15, 0.2) is 48.8 Å². The summed E-state index contributed by atoms with van der Waals surface area (Å²) in [5.41, 5.74) is 3.72. The molecule has 1 aliphatic carbocycles. The molecule has 0 unspecified atom stereocenters. The quantitative estimate of drug-likeness (QED) is 0.152. The van der Waals surface area contributed by atoms with Crippen LogP contribution in [0.5, 0.6) is 11.8 Å². The Hall–Kier alpha value is -3.94. The molecule has 2 aliphatic rings. The maximum Gasteiger partial charge on any atom is 0.237 e. The van der Waals surface area contributed by atoms with E-state index in [4.69, 9.17) is 37.7 Å². The highest BCUT2D eigenvalue weighted by Gasteiger charge is 2.42. The van der Waals surface area contributed by atoms with Crippen molar-refractivity contribution < 1.29 is 23.8 Å². The summed E-state index contributed by atoms with van der Waals surface area (Å²) < 4.78 is 24.0. The average molecular weight is 697 g/mol. The van der Waals surface area contributed by atoms with Crippen molar-refractivity contribution in [1.82, 2.24) is 35.9 Å². The lowest BCUT2D eigenvalue weighted by molar-refractivity contribution is -0.119. The third-order valence-electron chi connectivity index (χ3n) is 8.68. The van der Waals surface area contributed by atoms with Crippen LogP contribution in [0.1, 0.15) is 37.1 Å². The Morgan fingerprint density at radius 2 is 1.46 bits per heavy atom. The lowest BCUT2D eigenvalue weighted by Gasteiger charge is -2.42. The van der Waals surface area contributed by atoms with Gasteiger partial charge in [0.15, 0.2) is 0 Å². The summed E-state index contributed by atoms with van der Waals surface area (Å²) in [6.07, 6.45) is 5.32. The number of benzene rings is 2. The van der Waals surface area contributed by atoms with Crippen molar-refractivity contribution in [1.29, 1.82) is 0 Å². The molecule has 1 aliphatic heterocycles. The van der Waals surface area contributed by atoms with E-state index < -0.39 is 12.3 Å². The minimum absolute atomic E-state index is 0.0105. The summed E-state index contributed by atoms with van der Waals surface area (Å²) in [5, 5.41) is 20.4. The van der Waals surface area contributed by atoms with Gasteiger partial charge in [-0.15, -0.1) is 0 Å². The molecule has 2 aromatic carbocycles. The van der Waals surface area contributed by atoms with E-state index in [0.29, 0.717) is 106 Å². The largest absolute Gasteiger partial charge is 0.480 e. The summed E-state index contributed by atoms with van der Waals surface area (Å²) in [5.74, 6) is 0.778. The van der Waals surface area contributed by atoms with Crippen LogP contribution in [0.3, 0.4) is 0 Å². The number of nitrogens with zero attached hydrogens (tertiary/aromatic N) is 4. The van der Waals surface area contributed by atoms with Crippen LogP contribution >= 0.6 is 23.2 Å². The summed E-state index contributed by atoms with van der Waals surface area (Å²) in [6.45, 7) is 0.651. The highest BCUT2D eigenvalue weighted by Crippen LogP contribution is 2.42. The molecule has 1 saturated carbocycles. The number of nitrogens with one attached hydrogen (secondary N) is 3.